The first-order chi connectivity index (χ1) is 6.06. The van der Waals surface area contributed by atoms with E-state index in [2.05, 4.69) is 4.98 Å². The number of imidazole rings is 1. The van der Waals surface area contributed by atoms with Gasteiger partial charge in [-0.1, -0.05) is 18.5 Å². The quantitative estimate of drug-likeness (QED) is 0.803. The zero-order valence-electron chi connectivity index (χ0n) is 7.54. The van der Waals surface area contributed by atoms with Crippen molar-refractivity contribution in [1.29, 1.82) is 0 Å². The molecular weight excluding hydrogens is 192 g/mol. The molecule has 0 aliphatic carbocycles. The highest BCUT2D eigenvalue weighted by atomic mass is 35.5. The molecule has 0 radical (unpaired) electrons. The summed E-state index contributed by atoms with van der Waals surface area (Å²) >= 11 is 5.78. The number of aryl methyl sites for hydroxylation is 1. The molecule has 1 rings (SSSR count). The maximum Gasteiger partial charge on any atom is 0.309 e. The normalized spacial score (nSPS) is 10.4. The Morgan fingerprint density at radius 2 is 2.31 bits per heavy atom. The second kappa shape index (κ2) is 3.79. The number of hydrogen-bond acceptors (Lipinski definition) is 2. The van der Waals surface area contributed by atoms with Crippen LogP contribution in [0.25, 0.3) is 0 Å². The predicted molar refractivity (Wildman–Crippen MR) is 48.9 cm³/mol. The lowest BCUT2D eigenvalue weighted by atomic mass is 10.3. The van der Waals surface area contributed by atoms with Crippen molar-refractivity contribution < 1.29 is 9.90 Å². The van der Waals surface area contributed by atoms with Crippen molar-refractivity contribution in [2.45, 2.75) is 19.8 Å². The SMILES string of the molecule is CCc1nc(Cl)c(CC(=O)O)n1C. The molecule has 0 aromatic carbocycles. The average Bonchev–Trinajstić information content (AvgIpc) is 2.31. The minimum atomic E-state index is -0.896. The zero-order valence-corrected chi connectivity index (χ0v) is 8.30. The second-order valence-corrected chi connectivity index (χ2v) is 3.11. The predicted octanol–water partition coefficient (Wildman–Crippen LogP) is 1.26. The first kappa shape index (κ1) is 10.1. The van der Waals surface area contributed by atoms with Gasteiger partial charge in [0.2, 0.25) is 0 Å². The Balaban J connectivity index is 3.05. The second-order valence-electron chi connectivity index (χ2n) is 2.75. The molecule has 0 aliphatic heterocycles. The van der Waals surface area contributed by atoms with Crippen molar-refractivity contribution in [3.63, 3.8) is 0 Å². The van der Waals surface area contributed by atoms with Crippen molar-refractivity contribution in [1.82, 2.24) is 9.55 Å². The van der Waals surface area contributed by atoms with Crippen molar-refractivity contribution in [3.8, 4) is 0 Å². The number of carboxylic acid groups (broad SMARTS) is 1. The van der Waals surface area contributed by atoms with Gasteiger partial charge in [0.1, 0.15) is 5.82 Å². The highest BCUT2D eigenvalue weighted by Crippen LogP contribution is 2.16. The zero-order chi connectivity index (χ0) is 10.0. The lowest BCUT2D eigenvalue weighted by Gasteiger charge is -2.01. The molecule has 0 amide bonds. The van der Waals surface area contributed by atoms with Crippen LogP contribution in [0.1, 0.15) is 18.4 Å². The van der Waals surface area contributed by atoms with Gasteiger partial charge in [-0.3, -0.25) is 4.79 Å². The third-order valence-corrected chi connectivity index (χ3v) is 2.19. The van der Waals surface area contributed by atoms with Crippen LogP contribution in [-0.2, 0) is 24.7 Å². The van der Waals surface area contributed by atoms with Crippen molar-refractivity contribution in [2.75, 3.05) is 0 Å². The van der Waals surface area contributed by atoms with E-state index >= 15 is 0 Å². The van der Waals surface area contributed by atoms with E-state index in [9.17, 15) is 4.79 Å². The number of aromatic nitrogens is 2. The summed E-state index contributed by atoms with van der Waals surface area (Å²) in [5.41, 5.74) is 0.561. The first-order valence-electron chi connectivity index (χ1n) is 3.98. The Labute approximate surface area is 81.2 Å². The fraction of sp³-hybridized carbons (Fsp3) is 0.500. The molecule has 72 valence electrons. The van der Waals surface area contributed by atoms with Crippen LogP contribution in [0.4, 0.5) is 0 Å². The standard InChI is InChI=1S/C8H11ClN2O2/c1-3-6-10-8(9)5(11(6)2)4-7(12)13/h3-4H2,1-2H3,(H,12,13). The molecule has 0 saturated carbocycles. The summed E-state index contributed by atoms with van der Waals surface area (Å²) in [6.07, 6.45) is 0.665. The van der Waals surface area contributed by atoms with E-state index < -0.39 is 5.97 Å². The van der Waals surface area contributed by atoms with Gasteiger partial charge in [0.05, 0.1) is 12.1 Å². The minimum Gasteiger partial charge on any atom is -0.481 e. The van der Waals surface area contributed by atoms with Gasteiger partial charge in [0.25, 0.3) is 0 Å². The summed E-state index contributed by atoms with van der Waals surface area (Å²) in [6.45, 7) is 1.95. The molecule has 0 saturated heterocycles. The summed E-state index contributed by atoms with van der Waals surface area (Å²) in [5, 5.41) is 8.89. The van der Waals surface area contributed by atoms with Crippen LogP contribution in [0.3, 0.4) is 0 Å². The molecular formula is C8H11ClN2O2. The van der Waals surface area contributed by atoms with E-state index in [0.29, 0.717) is 10.8 Å². The molecule has 0 aliphatic rings. The number of carboxylic acids is 1. The van der Waals surface area contributed by atoms with E-state index in [1.807, 2.05) is 6.92 Å². The first-order valence-corrected chi connectivity index (χ1v) is 4.35. The largest absolute Gasteiger partial charge is 0.481 e. The van der Waals surface area contributed by atoms with Crippen molar-refractivity contribution in [3.05, 3.63) is 16.7 Å². The lowest BCUT2D eigenvalue weighted by Crippen LogP contribution is -2.07. The van der Waals surface area contributed by atoms with Crippen LogP contribution in [0.2, 0.25) is 5.15 Å². The highest BCUT2D eigenvalue weighted by Gasteiger charge is 2.14. The van der Waals surface area contributed by atoms with E-state index in [-0.39, 0.29) is 6.42 Å². The number of rotatable bonds is 3. The van der Waals surface area contributed by atoms with Gasteiger partial charge in [-0.2, -0.15) is 0 Å². The number of halogens is 1. The minimum absolute atomic E-state index is 0.0810. The van der Waals surface area contributed by atoms with Crippen LogP contribution < -0.4 is 0 Å². The average molecular weight is 203 g/mol. The Kier molecular flexibility index (Phi) is 2.93. The van der Waals surface area contributed by atoms with Gasteiger partial charge in [0.15, 0.2) is 5.15 Å². The van der Waals surface area contributed by atoms with Crippen LogP contribution in [0.5, 0.6) is 0 Å². The van der Waals surface area contributed by atoms with E-state index in [4.69, 9.17) is 16.7 Å². The molecule has 1 N–H and O–H groups in total. The third kappa shape index (κ3) is 2.01. The number of carbonyl (C=O) groups is 1. The van der Waals surface area contributed by atoms with Gasteiger partial charge < -0.3 is 9.67 Å². The van der Waals surface area contributed by atoms with Crippen LogP contribution in [0.15, 0.2) is 0 Å². The summed E-state index contributed by atoms with van der Waals surface area (Å²) < 4.78 is 1.73. The molecule has 13 heavy (non-hydrogen) atoms. The molecule has 1 aromatic heterocycles. The fourth-order valence-corrected chi connectivity index (χ4v) is 1.49. The smallest absolute Gasteiger partial charge is 0.309 e. The Hall–Kier alpha value is -1.03. The number of nitrogens with zero attached hydrogens (tertiary/aromatic N) is 2. The Morgan fingerprint density at radius 3 is 2.69 bits per heavy atom. The van der Waals surface area contributed by atoms with Crippen molar-refractivity contribution in [2.24, 2.45) is 7.05 Å². The number of aliphatic carboxylic acids is 1. The van der Waals surface area contributed by atoms with E-state index in [1.165, 1.54) is 0 Å². The maximum atomic E-state index is 10.5. The summed E-state index contributed by atoms with van der Waals surface area (Å²) in [6, 6.07) is 0. The molecule has 1 aromatic rings. The van der Waals surface area contributed by atoms with Gasteiger partial charge in [-0.25, -0.2) is 4.98 Å². The summed E-state index contributed by atoms with van der Waals surface area (Å²) in [7, 11) is 1.77. The van der Waals surface area contributed by atoms with E-state index in [0.717, 1.165) is 12.2 Å². The molecule has 0 atom stereocenters. The van der Waals surface area contributed by atoms with Gasteiger partial charge in [0, 0.05) is 13.5 Å². The molecule has 0 fully saturated rings. The number of hydrogen-bond donors (Lipinski definition) is 1. The van der Waals surface area contributed by atoms with Crippen LogP contribution in [0, 0.1) is 0 Å². The highest BCUT2D eigenvalue weighted by molar-refractivity contribution is 6.30. The fourth-order valence-electron chi connectivity index (χ4n) is 1.20. The maximum absolute atomic E-state index is 10.5. The van der Waals surface area contributed by atoms with Crippen LogP contribution in [-0.4, -0.2) is 20.6 Å². The third-order valence-electron chi connectivity index (χ3n) is 1.89. The monoisotopic (exact) mass is 202 g/mol. The molecule has 0 bridgehead atoms. The van der Waals surface area contributed by atoms with Gasteiger partial charge in [-0.15, -0.1) is 0 Å². The molecule has 4 nitrogen and oxygen atoms in total. The Bertz CT molecular complexity index is 333. The van der Waals surface area contributed by atoms with E-state index in [1.54, 1.807) is 11.6 Å². The van der Waals surface area contributed by atoms with Gasteiger partial charge >= 0.3 is 5.97 Å². The lowest BCUT2D eigenvalue weighted by molar-refractivity contribution is -0.136. The van der Waals surface area contributed by atoms with Gasteiger partial charge in [-0.05, 0) is 0 Å². The van der Waals surface area contributed by atoms with Crippen molar-refractivity contribution >= 4 is 17.6 Å². The summed E-state index contributed by atoms with van der Waals surface area (Å²) in [4.78, 5) is 14.5. The van der Waals surface area contributed by atoms with Crippen LogP contribution >= 0.6 is 11.6 Å². The Morgan fingerprint density at radius 1 is 1.69 bits per heavy atom. The molecule has 0 spiro atoms. The summed E-state index contributed by atoms with van der Waals surface area (Å²) in [5.74, 6) is -0.0891. The molecule has 0 unspecified atom stereocenters. The topological polar surface area (TPSA) is 55.1 Å². The molecule has 5 heteroatoms. The molecule has 1 heterocycles.